The van der Waals surface area contributed by atoms with Gasteiger partial charge in [-0.3, -0.25) is 5.41 Å². The molecule has 0 aliphatic rings. The van der Waals surface area contributed by atoms with Gasteiger partial charge in [0.1, 0.15) is 24.0 Å². The highest BCUT2D eigenvalue weighted by molar-refractivity contribution is 6.34. The molecule has 3 nitrogen and oxygen atoms in total. The Morgan fingerprint density at radius 1 is 1.15 bits per heavy atom. The summed E-state index contributed by atoms with van der Waals surface area (Å²) in [6, 6.07) is 8.84. The largest absolute Gasteiger partial charge is 0.489 e. The number of rotatable bonds is 4. The highest BCUT2D eigenvalue weighted by Gasteiger charge is 2.07. The van der Waals surface area contributed by atoms with Crippen molar-refractivity contribution < 1.29 is 9.13 Å². The Morgan fingerprint density at radius 2 is 1.90 bits per heavy atom. The molecule has 0 heterocycles. The summed E-state index contributed by atoms with van der Waals surface area (Å²) in [5, 5.41) is 8.08. The predicted molar refractivity (Wildman–Crippen MR) is 78.2 cm³/mol. The third kappa shape index (κ3) is 3.40. The second kappa shape index (κ2) is 6.11. The van der Waals surface area contributed by atoms with Gasteiger partial charge in [0.15, 0.2) is 0 Å². The number of hydrogen-bond acceptors (Lipinski definition) is 2. The van der Waals surface area contributed by atoms with Gasteiger partial charge in [-0.25, -0.2) is 4.39 Å². The molecule has 0 atom stereocenters. The van der Waals surface area contributed by atoms with E-state index < -0.39 is 0 Å². The molecule has 0 amide bonds. The first-order chi connectivity index (χ1) is 9.47. The Morgan fingerprint density at radius 3 is 2.55 bits per heavy atom. The van der Waals surface area contributed by atoms with Crippen LogP contribution in [-0.4, -0.2) is 5.84 Å². The SMILES string of the molecule is N=C(N)c1ccc(OCc2cc(F)ccc2Cl)cc1Cl. The van der Waals surface area contributed by atoms with E-state index in [4.69, 9.17) is 39.1 Å². The highest BCUT2D eigenvalue weighted by Crippen LogP contribution is 2.24. The Hall–Kier alpha value is -1.78. The van der Waals surface area contributed by atoms with E-state index in [2.05, 4.69) is 0 Å². The fraction of sp³-hybridized carbons (Fsp3) is 0.0714. The zero-order chi connectivity index (χ0) is 14.7. The third-order valence-corrected chi connectivity index (χ3v) is 3.31. The molecule has 6 heteroatoms. The molecule has 104 valence electrons. The molecule has 0 aliphatic carbocycles. The van der Waals surface area contributed by atoms with E-state index in [0.29, 0.717) is 26.9 Å². The third-order valence-electron chi connectivity index (χ3n) is 2.63. The fourth-order valence-electron chi connectivity index (χ4n) is 1.62. The number of hydrogen-bond donors (Lipinski definition) is 2. The van der Waals surface area contributed by atoms with Crippen molar-refractivity contribution >= 4 is 29.0 Å². The molecule has 0 saturated carbocycles. The summed E-state index contributed by atoms with van der Waals surface area (Å²) in [6.07, 6.45) is 0. The summed E-state index contributed by atoms with van der Waals surface area (Å²) in [5.74, 6) is -0.00647. The van der Waals surface area contributed by atoms with Gasteiger partial charge in [0.2, 0.25) is 0 Å². The van der Waals surface area contributed by atoms with Gasteiger partial charge in [-0.2, -0.15) is 0 Å². The predicted octanol–water partition coefficient (Wildman–Crippen LogP) is 4.00. The van der Waals surface area contributed by atoms with E-state index in [1.807, 2.05) is 0 Å². The van der Waals surface area contributed by atoms with Gasteiger partial charge in [-0.05, 0) is 36.4 Å². The molecule has 0 unspecified atom stereocenters. The molecule has 2 aromatic rings. The molecule has 2 rings (SSSR count). The monoisotopic (exact) mass is 312 g/mol. The molecule has 0 bridgehead atoms. The van der Waals surface area contributed by atoms with E-state index >= 15 is 0 Å². The molecule has 20 heavy (non-hydrogen) atoms. The number of nitrogen functional groups attached to an aromatic ring is 1. The minimum atomic E-state index is -0.377. The van der Waals surface area contributed by atoms with E-state index in [9.17, 15) is 4.39 Å². The standard InChI is InChI=1S/C14H11Cl2FN2O/c15-12-4-1-9(17)5-8(12)7-20-10-2-3-11(14(18)19)13(16)6-10/h1-6H,7H2,(H3,18,19). The van der Waals surface area contributed by atoms with Gasteiger partial charge in [-0.1, -0.05) is 23.2 Å². The van der Waals surface area contributed by atoms with Crippen LogP contribution in [0.3, 0.4) is 0 Å². The fourth-order valence-corrected chi connectivity index (χ4v) is 2.06. The van der Waals surface area contributed by atoms with Crippen LogP contribution in [-0.2, 0) is 6.61 Å². The van der Waals surface area contributed by atoms with Crippen molar-refractivity contribution in [2.24, 2.45) is 5.73 Å². The van der Waals surface area contributed by atoms with Crippen LogP contribution in [0.1, 0.15) is 11.1 Å². The second-order valence-electron chi connectivity index (χ2n) is 4.08. The second-order valence-corrected chi connectivity index (χ2v) is 4.89. The van der Waals surface area contributed by atoms with Crippen LogP contribution in [0, 0.1) is 11.2 Å². The first kappa shape index (κ1) is 14.6. The zero-order valence-electron chi connectivity index (χ0n) is 10.3. The lowest BCUT2D eigenvalue weighted by molar-refractivity contribution is 0.305. The van der Waals surface area contributed by atoms with Crippen LogP contribution in [0.15, 0.2) is 36.4 Å². The van der Waals surface area contributed by atoms with Crippen molar-refractivity contribution in [3.8, 4) is 5.75 Å². The Balaban J connectivity index is 2.13. The summed E-state index contributed by atoms with van der Waals surface area (Å²) in [7, 11) is 0. The van der Waals surface area contributed by atoms with E-state index in [1.165, 1.54) is 18.2 Å². The van der Waals surface area contributed by atoms with Crippen molar-refractivity contribution in [2.75, 3.05) is 0 Å². The summed E-state index contributed by atoms with van der Waals surface area (Å²) < 4.78 is 18.6. The number of halogens is 3. The van der Waals surface area contributed by atoms with E-state index in [0.717, 1.165) is 0 Å². The molecular formula is C14H11Cl2FN2O. The zero-order valence-corrected chi connectivity index (χ0v) is 11.8. The van der Waals surface area contributed by atoms with Crippen LogP contribution in [0.5, 0.6) is 5.75 Å². The van der Waals surface area contributed by atoms with Crippen LogP contribution < -0.4 is 10.5 Å². The maximum Gasteiger partial charge on any atom is 0.124 e. The number of ether oxygens (including phenoxy) is 1. The van der Waals surface area contributed by atoms with E-state index in [-0.39, 0.29) is 18.3 Å². The normalized spacial score (nSPS) is 10.3. The van der Waals surface area contributed by atoms with Crippen molar-refractivity contribution in [1.82, 2.24) is 0 Å². The lowest BCUT2D eigenvalue weighted by Crippen LogP contribution is -2.11. The number of nitrogens with two attached hydrogens (primary N) is 1. The summed E-state index contributed by atoms with van der Waals surface area (Å²) in [5.41, 5.74) is 6.34. The van der Waals surface area contributed by atoms with Gasteiger partial charge < -0.3 is 10.5 Å². The maximum absolute atomic E-state index is 13.1. The summed E-state index contributed by atoms with van der Waals surface area (Å²) in [4.78, 5) is 0. The van der Waals surface area contributed by atoms with Crippen LogP contribution >= 0.6 is 23.2 Å². The van der Waals surface area contributed by atoms with Crippen LogP contribution in [0.4, 0.5) is 4.39 Å². The number of nitrogens with one attached hydrogen (secondary N) is 1. The Kier molecular flexibility index (Phi) is 4.47. The molecule has 0 aliphatic heterocycles. The first-order valence-corrected chi connectivity index (χ1v) is 6.43. The van der Waals surface area contributed by atoms with Gasteiger partial charge in [0, 0.05) is 16.1 Å². The minimum absolute atomic E-state index is 0.116. The quantitative estimate of drug-likeness (QED) is 0.662. The molecule has 3 N–H and O–H groups in total. The molecule has 0 radical (unpaired) electrons. The molecule has 0 saturated heterocycles. The lowest BCUT2D eigenvalue weighted by Gasteiger charge is -2.09. The van der Waals surface area contributed by atoms with Gasteiger partial charge >= 0.3 is 0 Å². The first-order valence-electron chi connectivity index (χ1n) is 5.68. The van der Waals surface area contributed by atoms with Crippen molar-refractivity contribution in [3.05, 3.63) is 63.4 Å². The van der Waals surface area contributed by atoms with Crippen molar-refractivity contribution in [2.45, 2.75) is 6.61 Å². The summed E-state index contributed by atoms with van der Waals surface area (Å²) in [6.45, 7) is 0.117. The van der Waals surface area contributed by atoms with E-state index in [1.54, 1.807) is 18.2 Å². The Bertz CT molecular complexity index is 662. The van der Waals surface area contributed by atoms with Gasteiger partial charge in [-0.15, -0.1) is 0 Å². The van der Waals surface area contributed by atoms with Crippen LogP contribution in [0.2, 0.25) is 10.0 Å². The minimum Gasteiger partial charge on any atom is -0.489 e. The topological polar surface area (TPSA) is 59.1 Å². The van der Waals surface area contributed by atoms with Crippen molar-refractivity contribution in [3.63, 3.8) is 0 Å². The average Bonchev–Trinajstić information content (AvgIpc) is 2.39. The highest BCUT2D eigenvalue weighted by atomic mass is 35.5. The lowest BCUT2D eigenvalue weighted by atomic mass is 10.2. The Labute approximate surface area is 125 Å². The van der Waals surface area contributed by atoms with Gasteiger partial charge in [0.25, 0.3) is 0 Å². The van der Waals surface area contributed by atoms with Crippen molar-refractivity contribution in [1.29, 1.82) is 5.41 Å². The van der Waals surface area contributed by atoms with Gasteiger partial charge in [0.05, 0.1) is 5.02 Å². The number of amidine groups is 1. The molecule has 0 fully saturated rings. The average molecular weight is 313 g/mol. The smallest absolute Gasteiger partial charge is 0.124 e. The summed E-state index contributed by atoms with van der Waals surface area (Å²) >= 11 is 11.9. The number of benzene rings is 2. The van der Waals surface area contributed by atoms with Crippen LogP contribution in [0.25, 0.3) is 0 Å². The molecule has 0 spiro atoms. The molecular weight excluding hydrogens is 302 g/mol. The maximum atomic E-state index is 13.1. The molecule has 2 aromatic carbocycles. The molecule has 0 aromatic heterocycles.